The van der Waals surface area contributed by atoms with Gasteiger partial charge in [-0.2, -0.15) is 5.10 Å². The van der Waals surface area contributed by atoms with Crippen LogP contribution in [-0.2, 0) is 9.53 Å². The predicted octanol–water partition coefficient (Wildman–Crippen LogP) is 2.88. The smallest absolute Gasteiger partial charge is 0.302 e. The molecule has 2 aromatic rings. The molecule has 0 saturated carbocycles. The third-order valence-electron chi connectivity index (χ3n) is 2.81. The Bertz CT molecular complexity index is 766. The number of carbonyl (C=O) groups is 1. The Labute approximate surface area is 157 Å². The van der Waals surface area contributed by atoms with Gasteiger partial charge in [-0.05, 0) is 28.1 Å². The number of methoxy groups -OCH3 is 1. The molecule has 134 valence electrons. The summed E-state index contributed by atoms with van der Waals surface area (Å²) >= 11 is 4.82. The van der Waals surface area contributed by atoms with Crippen molar-refractivity contribution in [2.75, 3.05) is 31.5 Å². The number of hydrogen-bond donors (Lipinski definition) is 2. The van der Waals surface area contributed by atoms with Gasteiger partial charge in [0, 0.05) is 22.3 Å². The summed E-state index contributed by atoms with van der Waals surface area (Å²) in [5, 5.41) is 6.44. The van der Waals surface area contributed by atoms with Crippen LogP contribution in [0, 0.1) is 0 Å². The first-order chi connectivity index (χ1) is 12.0. The van der Waals surface area contributed by atoms with Crippen molar-refractivity contribution in [3.63, 3.8) is 0 Å². The number of hydrogen-bond acceptors (Lipinski definition) is 9. The quantitative estimate of drug-likeness (QED) is 0.288. The summed E-state index contributed by atoms with van der Waals surface area (Å²) in [5.41, 5.74) is 9.13. The minimum atomic E-state index is -0.349. The molecule has 25 heavy (non-hydrogen) atoms. The molecule has 0 fully saturated rings. The fraction of sp³-hybridized carbons (Fsp3) is 0.267. The lowest BCUT2D eigenvalue weighted by atomic mass is 10.2. The molecule has 10 heteroatoms. The second-order valence-electron chi connectivity index (χ2n) is 4.66. The molecule has 2 rings (SSSR count). The number of nitrogens with two attached hydrogens (primary N) is 1. The number of esters is 1. The summed E-state index contributed by atoms with van der Waals surface area (Å²) in [4.78, 5) is 14.8. The number of nitrogens with zero attached hydrogens (tertiary/aromatic N) is 2. The molecule has 0 aliphatic carbocycles. The van der Waals surface area contributed by atoms with E-state index < -0.39 is 0 Å². The Morgan fingerprint density at radius 2 is 2.24 bits per heavy atom. The van der Waals surface area contributed by atoms with E-state index in [9.17, 15) is 4.79 Å². The van der Waals surface area contributed by atoms with Crippen molar-refractivity contribution < 1.29 is 19.0 Å². The second-order valence-corrected chi connectivity index (χ2v) is 6.37. The maximum absolute atomic E-state index is 10.7. The number of ether oxygens (including phenoxy) is 3. The van der Waals surface area contributed by atoms with Crippen molar-refractivity contribution in [1.29, 1.82) is 0 Å². The van der Waals surface area contributed by atoms with Crippen LogP contribution in [0.4, 0.5) is 10.9 Å². The number of nitrogens with one attached hydrogen (secondary N) is 1. The molecule has 0 atom stereocenters. The molecule has 0 aliphatic rings. The van der Waals surface area contributed by atoms with Gasteiger partial charge in [-0.3, -0.25) is 10.2 Å². The van der Waals surface area contributed by atoms with Crippen molar-refractivity contribution in [2.45, 2.75) is 6.92 Å². The topological polar surface area (TPSA) is 108 Å². The Hall–Kier alpha value is -2.33. The molecule has 8 nitrogen and oxygen atoms in total. The number of benzene rings is 1. The van der Waals surface area contributed by atoms with E-state index in [0.717, 1.165) is 10.0 Å². The standard InChI is InChI=1S/C15H17BrN4O4S/c1-9(21)23-3-4-24-13-6-11(16)10(5-12(13)22-2)7-18-20-15-19-14(17)8-25-15/h5-8H,3-4,17H2,1-2H3,(H,19,20). The van der Waals surface area contributed by atoms with Crippen LogP contribution in [0.5, 0.6) is 11.5 Å². The zero-order valence-electron chi connectivity index (χ0n) is 13.6. The van der Waals surface area contributed by atoms with Crippen LogP contribution in [0.1, 0.15) is 12.5 Å². The van der Waals surface area contributed by atoms with Gasteiger partial charge in [-0.1, -0.05) is 0 Å². The summed E-state index contributed by atoms with van der Waals surface area (Å²) in [7, 11) is 1.54. The van der Waals surface area contributed by atoms with Gasteiger partial charge in [0.2, 0.25) is 5.13 Å². The summed E-state index contributed by atoms with van der Waals surface area (Å²) in [6.07, 6.45) is 1.62. The van der Waals surface area contributed by atoms with Crippen LogP contribution in [0.25, 0.3) is 0 Å². The molecular weight excluding hydrogens is 412 g/mol. The van der Waals surface area contributed by atoms with Gasteiger partial charge in [0.25, 0.3) is 0 Å². The Morgan fingerprint density at radius 1 is 1.44 bits per heavy atom. The van der Waals surface area contributed by atoms with E-state index in [1.165, 1.54) is 18.3 Å². The Kier molecular flexibility index (Phi) is 7.02. The van der Waals surface area contributed by atoms with Crippen molar-refractivity contribution >= 4 is 50.4 Å². The molecule has 0 radical (unpaired) electrons. The van der Waals surface area contributed by atoms with Crippen molar-refractivity contribution in [3.8, 4) is 11.5 Å². The number of nitrogen functional groups attached to an aromatic ring is 1. The number of aromatic nitrogens is 1. The first-order valence-corrected chi connectivity index (χ1v) is 8.80. The minimum absolute atomic E-state index is 0.167. The molecule has 0 spiro atoms. The molecule has 1 aromatic carbocycles. The van der Waals surface area contributed by atoms with Gasteiger partial charge in [0.05, 0.1) is 13.3 Å². The Balaban J connectivity index is 2.03. The van der Waals surface area contributed by atoms with Gasteiger partial charge >= 0.3 is 5.97 Å². The molecule has 0 aliphatic heterocycles. The summed E-state index contributed by atoms with van der Waals surface area (Å²) in [6.45, 7) is 1.74. The van der Waals surface area contributed by atoms with E-state index in [2.05, 4.69) is 31.4 Å². The second kappa shape index (κ2) is 9.23. The van der Waals surface area contributed by atoms with Crippen molar-refractivity contribution in [3.05, 3.63) is 27.5 Å². The van der Waals surface area contributed by atoms with Crippen LogP contribution in [0.2, 0.25) is 0 Å². The highest BCUT2D eigenvalue weighted by Gasteiger charge is 2.10. The third-order valence-corrected chi connectivity index (χ3v) is 4.27. The van der Waals surface area contributed by atoms with Crippen LogP contribution < -0.4 is 20.6 Å². The average molecular weight is 429 g/mol. The van der Waals surface area contributed by atoms with Crippen LogP contribution in [0.15, 0.2) is 27.1 Å². The van der Waals surface area contributed by atoms with Crippen LogP contribution in [0.3, 0.4) is 0 Å². The number of hydrazone groups is 1. The zero-order chi connectivity index (χ0) is 18.2. The van der Waals surface area contributed by atoms with Gasteiger partial charge in [0.15, 0.2) is 11.5 Å². The van der Waals surface area contributed by atoms with Gasteiger partial charge in [-0.25, -0.2) is 4.98 Å². The van der Waals surface area contributed by atoms with Crippen molar-refractivity contribution in [2.24, 2.45) is 5.10 Å². The molecular formula is C15H17BrN4O4S. The van der Waals surface area contributed by atoms with E-state index in [4.69, 9.17) is 19.9 Å². The molecule has 0 amide bonds. The maximum Gasteiger partial charge on any atom is 0.302 e. The number of anilines is 2. The SMILES string of the molecule is COc1cc(C=NNc2nc(N)cs2)c(Br)cc1OCCOC(C)=O. The van der Waals surface area contributed by atoms with E-state index in [-0.39, 0.29) is 19.2 Å². The first-order valence-electron chi connectivity index (χ1n) is 7.13. The molecule has 0 bridgehead atoms. The maximum atomic E-state index is 10.7. The van der Waals surface area contributed by atoms with E-state index in [0.29, 0.717) is 22.4 Å². The zero-order valence-corrected chi connectivity index (χ0v) is 16.0. The van der Waals surface area contributed by atoms with Crippen LogP contribution >= 0.6 is 27.3 Å². The molecule has 3 N–H and O–H groups in total. The highest BCUT2D eigenvalue weighted by Crippen LogP contribution is 2.33. The lowest BCUT2D eigenvalue weighted by molar-refractivity contribution is -0.141. The van der Waals surface area contributed by atoms with Crippen LogP contribution in [-0.4, -0.2) is 37.5 Å². The molecule has 0 unspecified atom stereocenters. The van der Waals surface area contributed by atoms with E-state index in [1.807, 2.05) is 0 Å². The normalized spacial score (nSPS) is 10.7. The number of halogens is 1. The average Bonchev–Trinajstić information content (AvgIpc) is 2.98. The largest absolute Gasteiger partial charge is 0.493 e. The number of thiazole rings is 1. The third kappa shape index (κ3) is 5.91. The molecule has 1 heterocycles. The fourth-order valence-electron chi connectivity index (χ4n) is 1.75. The van der Waals surface area contributed by atoms with Gasteiger partial charge in [0.1, 0.15) is 19.0 Å². The molecule has 1 aromatic heterocycles. The first kappa shape index (κ1) is 19.0. The van der Waals surface area contributed by atoms with Gasteiger partial charge < -0.3 is 19.9 Å². The Morgan fingerprint density at radius 3 is 2.88 bits per heavy atom. The lowest BCUT2D eigenvalue weighted by Gasteiger charge is -2.12. The van der Waals surface area contributed by atoms with Gasteiger partial charge in [-0.15, -0.1) is 11.3 Å². The number of carbonyl (C=O) groups excluding carboxylic acids is 1. The summed E-state index contributed by atoms with van der Waals surface area (Å²) in [6, 6.07) is 3.53. The minimum Gasteiger partial charge on any atom is -0.493 e. The fourth-order valence-corrected chi connectivity index (χ4v) is 2.73. The van der Waals surface area contributed by atoms with E-state index >= 15 is 0 Å². The monoisotopic (exact) mass is 428 g/mol. The summed E-state index contributed by atoms with van der Waals surface area (Å²) in [5.74, 6) is 1.16. The highest BCUT2D eigenvalue weighted by atomic mass is 79.9. The lowest BCUT2D eigenvalue weighted by Crippen LogP contribution is -2.10. The summed E-state index contributed by atoms with van der Waals surface area (Å²) < 4.78 is 16.5. The van der Waals surface area contributed by atoms with E-state index in [1.54, 1.807) is 30.8 Å². The molecule has 0 saturated heterocycles. The highest BCUT2D eigenvalue weighted by molar-refractivity contribution is 9.10. The van der Waals surface area contributed by atoms with Crippen molar-refractivity contribution in [1.82, 2.24) is 4.98 Å². The predicted molar refractivity (Wildman–Crippen MR) is 101 cm³/mol. The number of rotatable bonds is 8.